The van der Waals surface area contributed by atoms with E-state index >= 15 is 0 Å². The summed E-state index contributed by atoms with van der Waals surface area (Å²) in [5, 5.41) is 2.93. The molecular formula is C17H28N2O2. The predicted molar refractivity (Wildman–Crippen MR) is 87.5 cm³/mol. The van der Waals surface area contributed by atoms with Gasteiger partial charge in [0.25, 0.3) is 0 Å². The number of carbonyl (C=O) groups is 1. The average Bonchev–Trinajstić information content (AvgIpc) is 2.44. The van der Waals surface area contributed by atoms with E-state index < -0.39 is 0 Å². The van der Waals surface area contributed by atoms with Crippen LogP contribution >= 0.6 is 0 Å². The molecule has 0 aliphatic heterocycles. The highest BCUT2D eigenvalue weighted by Gasteiger charge is 2.14. The van der Waals surface area contributed by atoms with Crippen LogP contribution < -0.4 is 15.8 Å². The minimum atomic E-state index is 0.0475. The van der Waals surface area contributed by atoms with Crippen molar-refractivity contribution < 1.29 is 9.53 Å². The highest BCUT2D eigenvalue weighted by molar-refractivity contribution is 5.90. The van der Waals surface area contributed by atoms with Crippen molar-refractivity contribution in [2.45, 2.75) is 40.0 Å². The van der Waals surface area contributed by atoms with Crippen molar-refractivity contribution in [2.75, 3.05) is 18.5 Å². The van der Waals surface area contributed by atoms with Gasteiger partial charge in [-0.3, -0.25) is 4.79 Å². The Labute approximate surface area is 128 Å². The second-order valence-corrected chi connectivity index (χ2v) is 5.63. The van der Waals surface area contributed by atoms with Gasteiger partial charge in [-0.2, -0.15) is 0 Å². The molecule has 0 heterocycles. The van der Waals surface area contributed by atoms with E-state index in [1.54, 1.807) is 0 Å². The van der Waals surface area contributed by atoms with Gasteiger partial charge in [0.2, 0.25) is 5.91 Å². The van der Waals surface area contributed by atoms with Crippen molar-refractivity contribution in [3.63, 3.8) is 0 Å². The van der Waals surface area contributed by atoms with Crippen molar-refractivity contribution in [3.05, 3.63) is 24.3 Å². The number of nitrogens with two attached hydrogens (primary N) is 1. The summed E-state index contributed by atoms with van der Waals surface area (Å²) in [5.74, 6) is 1.89. The molecule has 4 heteroatoms. The fraction of sp³-hybridized carbons (Fsp3) is 0.588. The number of hydrogen-bond donors (Lipinski definition) is 2. The third-order valence-electron chi connectivity index (χ3n) is 3.65. The molecular weight excluding hydrogens is 264 g/mol. The second-order valence-electron chi connectivity index (χ2n) is 5.63. The molecule has 0 spiro atoms. The molecule has 0 saturated heterocycles. The van der Waals surface area contributed by atoms with Crippen molar-refractivity contribution >= 4 is 11.6 Å². The largest absolute Gasteiger partial charge is 0.494 e. The molecule has 0 saturated carbocycles. The van der Waals surface area contributed by atoms with Crippen LogP contribution in [-0.4, -0.2) is 19.1 Å². The Morgan fingerprint density at radius 1 is 1.33 bits per heavy atom. The van der Waals surface area contributed by atoms with Gasteiger partial charge >= 0.3 is 0 Å². The smallest absolute Gasteiger partial charge is 0.224 e. The number of anilines is 1. The van der Waals surface area contributed by atoms with Gasteiger partial charge in [0.15, 0.2) is 0 Å². The number of hydrogen-bond acceptors (Lipinski definition) is 3. The SMILES string of the molecule is CCOc1cccc(NC(=O)CCC(CCN)C(C)C)c1. The van der Waals surface area contributed by atoms with Crippen LogP contribution in [0.2, 0.25) is 0 Å². The van der Waals surface area contributed by atoms with Gasteiger partial charge in [-0.25, -0.2) is 0 Å². The molecule has 1 rings (SSSR count). The Bertz CT molecular complexity index is 433. The molecule has 0 aromatic heterocycles. The van der Waals surface area contributed by atoms with E-state index in [-0.39, 0.29) is 5.91 Å². The number of benzene rings is 1. The monoisotopic (exact) mass is 292 g/mol. The molecule has 1 atom stereocenters. The third-order valence-corrected chi connectivity index (χ3v) is 3.65. The fourth-order valence-electron chi connectivity index (χ4n) is 2.40. The lowest BCUT2D eigenvalue weighted by atomic mass is 9.88. The first-order valence-electron chi connectivity index (χ1n) is 7.79. The van der Waals surface area contributed by atoms with E-state index in [9.17, 15) is 4.79 Å². The normalized spacial score (nSPS) is 12.2. The molecule has 4 nitrogen and oxygen atoms in total. The molecule has 21 heavy (non-hydrogen) atoms. The number of ether oxygens (including phenoxy) is 1. The van der Waals surface area contributed by atoms with Crippen LogP contribution in [-0.2, 0) is 4.79 Å². The van der Waals surface area contributed by atoms with E-state index in [0.717, 1.165) is 24.3 Å². The number of carbonyl (C=O) groups excluding carboxylic acids is 1. The van der Waals surface area contributed by atoms with Crippen LogP contribution in [0, 0.1) is 11.8 Å². The third kappa shape index (κ3) is 6.63. The first kappa shape index (κ1) is 17.5. The van der Waals surface area contributed by atoms with Crippen molar-refractivity contribution in [1.82, 2.24) is 0 Å². The van der Waals surface area contributed by atoms with Gasteiger partial charge in [-0.1, -0.05) is 19.9 Å². The number of amides is 1. The first-order chi connectivity index (χ1) is 10.1. The van der Waals surface area contributed by atoms with Crippen LogP contribution in [0.25, 0.3) is 0 Å². The summed E-state index contributed by atoms with van der Waals surface area (Å²) in [6.07, 6.45) is 2.39. The molecule has 0 fully saturated rings. The fourth-order valence-corrected chi connectivity index (χ4v) is 2.40. The second kappa shape index (κ2) is 9.40. The Morgan fingerprint density at radius 2 is 2.10 bits per heavy atom. The van der Waals surface area contributed by atoms with Gasteiger partial charge < -0.3 is 15.8 Å². The average molecular weight is 292 g/mol. The van der Waals surface area contributed by atoms with E-state index in [2.05, 4.69) is 19.2 Å². The van der Waals surface area contributed by atoms with Crippen LogP contribution in [0.5, 0.6) is 5.75 Å². The van der Waals surface area contributed by atoms with Crippen molar-refractivity contribution in [2.24, 2.45) is 17.6 Å². The molecule has 0 radical (unpaired) electrons. The summed E-state index contributed by atoms with van der Waals surface area (Å²) < 4.78 is 5.42. The van der Waals surface area contributed by atoms with Crippen LogP contribution in [0.3, 0.4) is 0 Å². The summed E-state index contributed by atoms with van der Waals surface area (Å²) in [6, 6.07) is 7.49. The zero-order valence-corrected chi connectivity index (χ0v) is 13.4. The van der Waals surface area contributed by atoms with E-state index in [4.69, 9.17) is 10.5 Å². The van der Waals surface area contributed by atoms with Gasteiger partial charge in [0.1, 0.15) is 5.75 Å². The van der Waals surface area contributed by atoms with E-state index in [0.29, 0.717) is 31.4 Å². The van der Waals surface area contributed by atoms with Crippen LogP contribution in [0.15, 0.2) is 24.3 Å². The van der Waals surface area contributed by atoms with E-state index in [1.165, 1.54) is 0 Å². The lowest BCUT2D eigenvalue weighted by Crippen LogP contribution is -2.18. The van der Waals surface area contributed by atoms with Gasteiger partial charge in [-0.15, -0.1) is 0 Å². The summed E-state index contributed by atoms with van der Waals surface area (Å²) in [5.41, 5.74) is 6.41. The number of rotatable bonds is 9. The molecule has 3 N–H and O–H groups in total. The molecule has 0 aliphatic rings. The minimum Gasteiger partial charge on any atom is -0.494 e. The molecule has 1 amide bonds. The standard InChI is InChI=1S/C17H28N2O2/c1-4-21-16-7-5-6-15(12-16)19-17(20)9-8-14(10-11-18)13(2)3/h5-7,12-14H,4,8-11,18H2,1-3H3,(H,19,20). The summed E-state index contributed by atoms with van der Waals surface area (Å²) in [6.45, 7) is 7.61. The minimum absolute atomic E-state index is 0.0475. The van der Waals surface area contributed by atoms with Crippen molar-refractivity contribution in [3.8, 4) is 5.75 Å². The lowest BCUT2D eigenvalue weighted by Gasteiger charge is -2.19. The van der Waals surface area contributed by atoms with Gasteiger partial charge in [0, 0.05) is 18.2 Å². The maximum Gasteiger partial charge on any atom is 0.224 e. The lowest BCUT2D eigenvalue weighted by molar-refractivity contribution is -0.116. The Kier molecular flexibility index (Phi) is 7.83. The molecule has 1 aromatic rings. The maximum atomic E-state index is 12.0. The Balaban J connectivity index is 2.47. The molecule has 118 valence electrons. The van der Waals surface area contributed by atoms with Crippen molar-refractivity contribution in [1.29, 1.82) is 0 Å². The predicted octanol–water partition coefficient (Wildman–Crippen LogP) is 3.43. The van der Waals surface area contributed by atoms with Gasteiger partial charge in [0.05, 0.1) is 6.61 Å². The van der Waals surface area contributed by atoms with E-state index in [1.807, 2.05) is 31.2 Å². The molecule has 1 aromatic carbocycles. The maximum absolute atomic E-state index is 12.0. The van der Waals surface area contributed by atoms with Gasteiger partial charge in [-0.05, 0) is 50.3 Å². The molecule has 1 unspecified atom stereocenters. The van der Waals surface area contributed by atoms with Crippen LogP contribution in [0.4, 0.5) is 5.69 Å². The molecule has 0 aliphatic carbocycles. The topological polar surface area (TPSA) is 64.3 Å². The highest BCUT2D eigenvalue weighted by atomic mass is 16.5. The Morgan fingerprint density at radius 3 is 2.71 bits per heavy atom. The van der Waals surface area contributed by atoms with Crippen LogP contribution in [0.1, 0.15) is 40.0 Å². The quantitative estimate of drug-likeness (QED) is 0.733. The summed E-state index contributed by atoms with van der Waals surface area (Å²) in [4.78, 5) is 12.0. The zero-order chi connectivity index (χ0) is 15.7. The molecule has 0 bridgehead atoms. The number of nitrogens with one attached hydrogen (secondary N) is 1. The summed E-state index contributed by atoms with van der Waals surface area (Å²) >= 11 is 0. The summed E-state index contributed by atoms with van der Waals surface area (Å²) in [7, 11) is 0. The first-order valence-corrected chi connectivity index (χ1v) is 7.79. The highest BCUT2D eigenvalue weighted by Crippen LogP contribution is 2.21. The zero-order valence-electron chi connectivity index (χ0n) is 13.4. The Hall–Kier alpha value is -1.55.